The summed E-state index contributed by atoms with van der Waals surface area (Å²) < 4.78 is 0. The fourth-order valence-corrected chi connectivity index (χ4v) is 3.44. The second-order valence-electron chi connectivity index (χ2n) is 7.00. The molecule has 30 heavy (non-hydrogen) atoms. The standard InChI is InChI=1S/C23H23N3O3S/c27-22(19(14-30)10-16-4-2-1-3-5-16)26-21(23(28)29)11-17-6-8-18(9-7-17)20-12-24-15-25-13-20/h1-9,12-13,15,19,21,30H,10-11,14H2,(H,26,27)(H,28,29)/t19?,21-/m0/s1. The predicted molar refractivity (Wildman–Crippen MR) is 118 cm³/mol. The Kier molecular flexibility index (Phi) is 7.57. The molecule has 7 heteroatoms. The summed E-state index contributed by atoms with van der Waals surface area (Å²) in [6, 6.07) is 16.1. The number of hydrogen-bond donors (Lipinski definition) is 3. The summed E-state index contributed by atoms with van der Waals surface area (Å²) in [7, 11) is 0. The zero-order valence-electron chi connectivity index (χ0n) is 16.3. The number of nitrogens with one attached hydrogen (secondary N) is 1. The van der Waals surface area contributed by atoms with Crippen LogP contribution in [0.1, 0.15) is 11.1 Å². The Bertz CT molecular complexity index is 966. The van der Waals surface area contributed by atoms with Gasteiger partial charge in [-0.1, -0.05) is 54.6 Å². The summed E-state index contributed by atoms with van der Waals surface area (Å²) in [6.07, 6.45) is 5.60. The average Bonchev–Trinajstić information content (AvgIpc) is 2.78. The van der Waals surface area contributed by atoms with Crippen molar-refractivity contribution in [1.29, 1.82) is 0 Å². The van der Waals surface area contributed by atoms with E-state index >= 15 is 0 Å². The van der Waals surface area contributed by atoms with Crippen LogP contribution in [0.2, 0.25) is 0 Å². The molecular weight excluding hydrogens is 398 g/mol. The average molecular weight is 422 g/mol. The highest BCUT2D eigenvalue weighted by molar-refractivity contribution is 7.80. The minimum absolute atomic E-state index is 0.192. The van der Waals surface area contributed by atoms with Gasteiger partial charge in [0.2, 0.25) is 5.91 Å². The third kappa shape index (κ3) is 5.90. The van der Waals surface area contributed by atoms with Crippen LogP contribution in [0.25, 0.3) is 11.1 Å². The van der Waals surface area contributed by atoms with E-state index in [1.807, 2.05) is 54.6 Å². The largest absolute Gasteiger partial charge is 0.480 e. The lowest BCUT2D eigenvalue weighted by Gasteiger charge is -2.19. The van der Waals surface area contributed by atoms with Gasteiger partial charge in [0, 0.05) is 30.1 Å². The highest BCUT2D eigenvalue weighted by Gasteiger charge is 2.25. The SMILES string of the molecule is O=C(N[C@@H](Cc1ccc(-c2cncnc2)cc1)C(=O)O)C(CS)Cc1ccccc1. The molecule has 1 unspecified atom stereocenters. The van der Waals surface area contributed by atoms with Gasteiger partial charge in [-0.15, -0.1) is 0 Å². The maximum Gasteiger partial charge on any atom is 0.326 e. The fraction of sp³-hybridized carbons (Fsp3) is 0.217. The monoisotopic (exact) mass is 421 g/mol. The lowest BCUT2D eigenvalue weighted by atomic mass is 9.98. The molecule has 0 aliphatic heterocycles. The first-order chi connectivity index (χ1) is 14.6. The molecule has 6 nitrogen and oxygen atoms in total. The number of carboxylic acid groups (broad SMARTS) is 1. The Hall–Kier alpha value is -3.19. The van der Waals surface area contributed by atoms with Crippen molar-refractivity contribution >= 4 is 24.5 Å². The number of carbonyl (C=O) groups is 2. The number of aliphatic carboxylic acids is 1. The normalized spacial score (nSPS) is 12.7. The Morgan fingerprint density at radius 2 is 1.53 bits per heavy atom. The molecule has 0 aliphatic carbocycles. The van der Waals surface area contributed by atoms with Crippen LogP contribution in [0.4, 0.5) is 0 Å². The van der Waals surface area contributed by atoms with Crippen LogP contribution in [-0.2, 0) is 22.4 Å². The van der Waals surface area contributed by atoms with Crippen molar-refractivity contribution in [3.8, 4) is 11.1 Å². The van der Waals surface area contributed by atoms with Gasteiger partial charge in [-0.05, 0) is 23.1 Å². The molecule has 2 aromatic carbocycles. The van der Waals surface area contributed by atoms with E-state index in [1.165, 1.54) is 6.33 Å². The number of carboxylic acids is 1. The molecular formula is C23H23N3O3S. The molecule has 0 radical (unpaired) electrons. The van der Waals surface area contributed by atoms with E-state index in [0.29, 0.717) is 12.2 Å². The molecule has 1 amide bonds. The van der Waals surface area contributed by atoms with Crippen LogP contribution in [-0.4, -0.2) is 38.7 Å². The van der Waals surface area contributed by atoms with E-state index in [9.17, 15) is 14.7 Å². The Morgan fingerprint density at radius 1 is 0.900 bits per heavy atom. The number of rotatable bonds is 9. The van der Waals surface area contributed by atoms with Crippen molar-refractivity contribution in [3.63, 3.8) is 0 Å². The third-order valence-electron chi connectivity index (χ3n) is 4.82. The molecule has 1 aromatic heterocycles. The molecule has 0 saturated heterocycles. The maximum atomic E-state index is 12.7. The molecule has 2 atom stereocenters. The van der Waals surface area contributed by atoms with Gasteiger partial charge in [-0.3, -0.25) is 4.79 Å². The minimum atomic E-state index is -1.07. The number of amides is 1. The van der Waals surface area contributed by atoms with E-state index in [2.05, 4.69) is 27.9 Å². The Balaban J connectivity index is 1.65. The van der Waals surface area contributed by atoms with Crippen LogP contribution >= 0.6 is 12.6 Å². The van der Waals surface area contributed by atoms with E-state index in [0.717, 1.165) is 22.3 Å². The van der Waals surface area contributed by atoms with Crippen molar-refractivity contribution in [1.82, 2.24) is 15.3 Å². The molecule has 3 aromatic rings. The van der Waals surface area contributed by atoms with Crippen molar-refractivity contribution in [3.05, 3.63) is 84.4 Å². The quantitative estimate of drug-likeness (QED) is 0.462. The summed E-state index contributed by atoms with van der Waals surface area (Å²) in [6.45, 7) is 0. The summed E-state index contributed by atoms with van der Waals surface area (Å²) in [5.74, 6) is -1.44. The van der Waals surface area contributed by atoms with Crippen molar-refractivity contribution < 1.29 is 14.7 Å². The van der Waals surface area contributed by atoms with Crippen LogP contribution in [0, 0.1) is 5.92 Å². The summed E-state index contributed by atoms with van der Waals surface area (Å²) in [4.78, 5) is 32.4. The van der Waals surface area contributed by atoms with Crippen molar-refractivity contribution in [2.24, 2.45) is 5.92 Å². The molecule has 154 valence electrons. The van der Waals surface area contributed by atoms with Crippen LogP contribution < -0.4 is 5.32 Å². The van der Waals surface area contributed by atoms with Crippen LogP contribution in [0.3, 0.4) is 0 Å². The van der Waals surface area contributed by atoms with E-state index in [4.69, 9.17) is 0 Å². The molecule has 0 bridgehead atoms. The van der Waals surface area contributed by atoms with Crippen LogP contribution in [0.5, 0.6) is 0 Å². The Morgan fingerprint density at radius 3 is 2.13 bits per heavy atom. The zero-order valence-corrected chi connectivity index (χ0v) is 17.2. The summed E-state index contributed by atoms with van der Waals surface area (Å²) in [5.41, 5.74) is 3.64. The first kappa shape index (κ1) is 21.5. The molecule has 0 spiro atoms. The summed E-state index contributed by atoms with van der Waals surface area (Å²) >= 11 is 4.29. The molecule has 2 N–H and O–H groups in total. The number of thiol groups is 1. The number of aromatic nitrogens is 2. The van der Waals surface area contributed by atoms with E-state index in [1.54, 1.807) is 12.4 Å². The minimum Gasteiger partial charge on any atom is -0.480 e. The number of benzene rings is 2. The fourth-order valence-electron chi connectivity index (χ4n) is 3.15. The molecule has 0 fully saturated rings. The van der Waals surface area contributed by atoms with Gasteiger partial charge >= 0.3 is 5.97 Å². The van der Waals surface area contributed by atoms with Gasteiger partial charge in [-0.2, -0.15) is 12.6 Å². The van der Waals surface area contributed by atoms with Crippen LogP contribution in [0.15, 0.2) is 73.3 Å². The van der Waals surface area contributed by atoms with E-state index < -0.39 is 17.9 Å². The third-order valence-corrected chi connectivity index (χ3v) is 5.26. The number of hydrogen-bond acceptors (Lipinski definition) is 5. The Labute approximate surface area is 180 Å². The lowest BCUT2D eigenvalue weighted by Crippen LogP contribution is -2.45. The predicted octanol–water partition coefficient (Wildman–Crippen LogP) is 3.04. The second kappa shape index (κ2) is 10.5. The lowest BCUT2D eigenvalue weighted by molar-refractivity contribution is -0.142. The van der Waals surface area contributed by atoms with Gasteiger partial charge in [-0.25, -0.2) is 14.8 Å². The summed E-state index contributed by atoms with van der Waals surface area (Å²) in [5, 5.41) is 12.3. The van der Waals surface area contributed by atoms with Gasteiger partial charge < -0.3 is 10.4 Å². The molecule has 1 heterocycles. The second-order valence-corrected chi connectivity index (χ2v) is 7.36. The smallest absolute Gasteiger partial charge is 0.326 e. The maximum absolute atomic E-state index is 12.7. The topological polar surface area (TPSA) is 92.2 Å². The highest BCUT2D eigenvalue weighted by Crippen LogP contribution is 2.18. The number of carbonyl (C=O) groups excluding carboxylic acids is 1. The van der Waals surface area contributed by atoms with Gasteiger partial charge in [0.15, 0.2) is 0 Å². The molecule has 0 aliphatic rings. The highest BCUT2D eigenvalue weighted by atomic mass is 32.1. The zero-order chi connectivity index (χ0) is 21.3. The molecule has 3 rings (SSSR count). The first-order valence-corrected chi connectivity index (χ1v) is 10.2. The van der Waals surface area contributed by atoms with Crippen molar-refractivity contribution in [2.45, 2.75) is 18.9 Å². The van der Waals surface area contributed by atoms with Gasteiger partial charge in [0.1, 0.15) is 12.4 Å². The van der Waals surface area contributed by atoms with E-state index in [-0.39, 0.29) is 12.3 Å². The molecule has 0 saturated carbocycles. The van der Waals surface area contributed by atoms with Gasteiger partial charge in [0.05, 0.1) is 5.92 Å². The first-order valence-electron chi connectivity index (χ1n) is 9.59. The van der Waals surface area contributed by atoms with Crippen molar-refractivity contribution in [2.75, 3.05) is 5.75 Å². The van der Waals surface area contributed by atoms with Gasteiger partial charge in [0.25, 0.3) is 0 Å². The number of nitrogens with zero attached hydrogens (tertiary/aromatic N) is 2.